The Morgan fingerprint density at radius 1 is 0.857 bits per heavy atom. The summed E-state index contributed by atoms with van der Waals surface area (Å²) in [7, 11) is 0. The van der Waals surface area contributed by atoms with Gasteiger partial charge in [-0.1, -0.05) is 65.7 Å². The normalized spacial score (nSPS) is 15.2. The van der Waals surface area contributed by atoms with E-state index in [9.17, 15) is 9.18 Å². The molecule has 1 aliphatic heterocycles. The van der Waals surface area contributed by atoms with Crippen LogP contribution in [0.5, 0.6) is 0 Å². The lowest BCUT2D eigenvalue weighted by atomic mass is 10.1. The average molecular weight is 370 g/mol. The summed E-state index contributed by atoms with van der Waals surface area (Å²) in [6, 6.07) is 21.9. The van der Waals surface area contributed by atoms with E-state index in [0.717, 1.165) is 22.4 Å². The molecule has 0 saturated heterocycles. The van der Waals surface area contributed by atoms with Crippen LogP contribution in [0, 0.1) is 19.7 Å². The summed E-state index contributed by atoms with van der Waals surface area (Å²) in [5, 5.41) is 0. The van der Waals surface area contributed by atoms with E-state index in [2.05, 4.69) is 4.99 Å². The van der Waals surface area contributed by atoms with Crippen LogP contribution in [-0.4, -0.2) is 11.7 Å². The van der Waals surface area contributed by atoms with Crippen LogP contribution >= 0.6 is 0 Å². The van der Waals surface area contributed by atoms with Gasteiger partial charge in [-0.15, -0.1) is 0 Å². The standard InChI is InChI=1S/C24H19FN2O/c1-16-7-11-18(12-8-16)23-26-22(15-19-5-3-4-6-21(19)25)24(28)27(23)20-13-9-17(2)10-14-20/h3-15H,1-2H3/b22-15+. The summed E-state index contributed by atoms with van der Waals surface area (Å²) in [5.41, 5.74) is 4.33. The van der Waals surface area contributed by atoms with E-state index in [1.165, 1.54) is 12.1 Å². The summed E-state index contributed by atoms with van der Waals surface area (Å²) >= 11 is 0. The van der Waals surface area contributed by atoms with E-state index >= 15 is 0 Å². The number of benzene rings is 3. The number of rotatable bonds is 3. The van der Waals surface area contributed by atoms with Crippen LogP contribution in [0.25, 0.3) is 6.08 Å². The lowest BCUT2D eigenvalue weighted by Gasteiger charge is -2.19. The molecule has 0 spiro atoms. The third-order valence-electron chi connectivity index (χ3n) is 4.66. The molecule has 3 nitrogen and oxygen atoms in total. The largest absolute Gasteiger partial charge is 0.282 e. The number of anilines is 1. The zero-order valence-corrected chi connectivity index (χ0v) is 15.7. The fraction of sp³-hybridized carbons (Fsp3) is 0.0833. The third-order valence-corrected chi connectivity index (χ3v) is 4.66. The summed E-state index contributed by atoms with van der Waals surface area (Å²) in [4.78, 5) is 19.3. The van der Waals surface area contributed by atoms with Gasteiger partial charge in [0.15, 0.2) is 0 Å². The number of amidine groups is 1. The minimum Gasteiger partial charge on any atom is -0.266 e. The predicted octanol–water partition coefficient (Wildman–Crippen LogP) is 5.28. The fourth-order valence-corrected chi connectivity index (χ4v) is 3.09. The molecule has 138 valence electrons. The molecule has 0 bridgehead atoms. The van der Waals surface area contributed by atoms with Crippen LogP contribution in [0.4, 0.5) is 10.1 Å². The quantitative estimate of drug-likeness (QED) is 0.578. The number of nitrogens with zero attached hydrogens (tertiary/aromatic N) is 2. The molecule has 4 rings (SSSR count). The highest BCUT2D eigenvalue weighted by molar-refractivity contribution is 6.33. The van der Waals surface area contributed by atoms with E-state index in [-0.39, 0.29) is 17.4 Å². The van der Waals surface area contributed by atoms with Crippen molar-refractivity contribution >= 4 is 23.5 Å². The Labute approximate surface area is 163 Å². The first-order chi connectivity index (χ1) is 13.5. The van der Waals surface area contributed by atoms with Crippen molar-refractivity contribution in [2.75, 3.05) is 4.90 Å². The molecule has 0 unspecified atom stereocenters. The Bertz CT molecular complexity index is 1100. The molecule has 4 heteroatoms. The highest BCUT2D eigenvalue weighted by atomic mass is 19.1. The summed E-state index contributed by atoms with van der Waals surface area (Å²) in [6.07, 6.45) is 1.50. The van der Waals surface area contributed by atoms with Crippen LogP contribution in [0.15, 0.2) is 83.5 Å². The maximum Gasteiger partial charge on any atom is 0.282 e. The first-order valence-electron chi connectivity index (χ1n) is 9.06. The van der Waals surface area contributed by atoms with Gasteiger partial charge in [-0.3, -0.25) is 9.69 Å². The molecule has 0 fully saturated rings. The lowest BCUT2D eigenvalue weighted by Crippen LogP contribution is -2.32. The third kappa shape index (κ3) is 3.37. The van der Waals surface area contributed by atoms with Gasteiger partial charge in [0.05, 0.1) is 5.69 Å². The van der Waals surface area contributed by atoms with E-state index in [4.69, 9.17) is 0 Å². The van der Waals surface area contributed by atoms with Crippen LogP contribution < -0.4 is 4.90 Å². The number of amides is 1. The number of carbonyl (C=O) groups excluding carboxylic acids is 1. The lowest BCUT2D eigenvalue weighted by molar-refractivity contribution is -0.113. The van der Waals surface area contributed by atoms with Crippen molar-refractivity contribution in [3.63, 3.8) is 0 Å². The summed E-state index contributed by atoms with van der Waals surface area (Å²) in [6.45, 7) is 4.00. The van der Waals surface area contributed by atoms with Gasteiger partial charge in [-0.05, 0) is 38.1 Å². The molecular formula is C24H19FN2O. The molecule has 0 N–H and O–H groups in total. The van der Waals surface area contributed by atoms with Gasteiger partial charge in [-0.25, -0.2) is 9.38 Å². The van der Waals surface area contributed by atoms with Crippen LogP contribution in [0.3, 0.4) is 0 Å². The minimum absolute atomic E-state index is 0.209. The number of aryl methyl sites for hydroxylation is 2. The van der Waals surface area contributed by atoms with Gasteiger partial charge in [0.25, 0.3) is 5.91 Å². The zero-order chi connectivity index (χ0) is 19.7. The van der Waals surface area contributed by atoms with Crippen LogP contribution in [0.1, 0.15) is 22.3 Å². The number of hydrogen-bond acceptors (Lipinski definition) is 2. The molecule has 0 aliphatic carbocycles. The van der Waals surface area contributed by atoms with Gasteiger partial charge in [0.1, 0.15) is 17.3 Å². The Hall–Kier alpha value is -3.53. The van der Waals surface area contributed by atoms with Gasteiger partial charge in [0, 0.05) is 11.1 Å². The molecule has 1 aliphatic rings. The topological polar surface area (TPSA) is 32.7 Å². The van der Waals surface area contributed by atoms with Crippen molar-refractivity contribution in [2.45, 2.75) is 13.8 Å². The Kier molecular flexibility index (Phi) is 4.62. The molecule has 1 heterocycles. The van der Waals surface area contributed by atoms with Gasteiger partial charge in [0.2, 0.25) is 0 Å². The van der Waals surface area contributed by atoms with Crippen molar-refractivity contribution in [3.8, 4) is 0 Å². The Morgan fingerprint density at radius 3 is 2.11 bits per heavy atom. The Morgan fingerprint density at radius 2 is 1.46 bits per heavy atom. The van der Waals surface area contributed by atoms with E-state index in [1.807, 2.05) is 62.4 Å². The number of hydrogen-bond donors (Lipinski definition) is 0. The molecule has 1 amide bonds. The molecule has 0 saturated carbocycles. The first-order valence-corrected chi connectivity index (χ1v) is 9.06. The maximum atomic E-state index is 14.1. The van der Waals surface area contributed by atoms with Crippen LogP contribution in [0.2, 0.25) is 0 Å². The second-order valence-electron chi connectivity index (χ2n) is 6.83. The molecule has 0 radical (unpaired) electrons. The predicted molar refractivity (Wildman–Crippen MR) is 111 cm³/mol. The smallest absolute Gasteiger partial charge is 0.266 e. The highest BCUT2D eigenvalue weighted by Gasteiger charge is 2.32. The van der Waals surface area contributed by atoms with Gasteiger partial charge >= 0.3 is 0 Å². The molecule has 28 heavy (non-hydrogen) atoms. The second kappa shape index (κ2) is 7.24. The number of halogens is 1. The van der Waals surface area contributed by atoms with Crippen molar-refractivity contribution in [2.24, 2.45) is 4.99 Å². The van der Waals surface area contributed by atoms with Crippen molar-refractivity contribution in [1.82, 2.24) is 0 Å². The van der Waals surface area contributed by atoms with Crippen molar-refractivity contribution < 1.29 is 9.18 Å². The zero-order valence-electron chi connectivity index (χ0n) is 15.7. The molecule has 0 aromatic heterocycles. The second-order valence-corrected chi connectivity index (χ2v) is 6.83. The van der Waals surface area contributed by atoms with Crippen molar-refractivity contribution in [1.29, 1.82) is 0 Å². The molecular weight excluding hydrogens is 351 g/mol. The van der Waals surface area contributed by atoms with E-state index in [1.54, 1.807) is 23.1 Å². The monoisotopic (exact) mass is 370 g/mol. The SMILES string of the molecule is Cc1ccc(C2=N/C(=C/c3ccccc3F)C(=O)N2c2ccc(C)cc2)cc1. The van der Waals surface area contributed by atoms with Gasteiger partial charge in [-0.2, -0.15) is 0 Å². The molecule has 0 atom stereocenters. The number of aliphatic imine (C=N–C) groups is 1. The Balaban J connectivity index is 1.84. The van der Waals surface area contributed by atoms with Crippen molar-refractivity contribution in [3.05, 3.63) is 107 Å². The first kappa shape index (κ1) is 17.9. The van der Waals surface area contributed by atoms with E-state index in [0.29, 0.717) is 11.4 Å². The molecule has 3 aromatic rings. The molecule has 3 aromatic carbocycles. The highest BCUT2D eigenvalue weighted by Crippen LogP contribution is 2.28. The summed E-state index contributed by atoms with van der Waals surface area (Å²) < 4.78 is 14.1. The fourth-order valence-electron chi connectivity index (χ4n) is 3.09. The minimum atomic E-state index is -0.385. The summed E-state index contributed by atoms with van der Waals surface area (Å²) in [5.74, 6) is -0.122. The maximum absolute atomic E-state index is 14.1. The van der Waals surface area contributed by atoms with Crippen LogP contribution in [-0.2, 0) is 4.79 Å². The van der Waals surface area contributed by atoms with E-state index < -0.39 is 0 Å². The number of carbonyl (C=O) groups is 1. The average Bonchev–Trinajstić information content (AvgIpc) is 3.01. The van der Waals surface area contributed by atoms with Gasteiger partial charge < -0.3 is 0 Å².